The van der Waals surface area contributed by atoms with E-state index < -0.39 is 12.1 Å². The monoisotopic (exact) mass is 861 g/mol. The Morgan fingerprint density at radius 3 is 1.08 bits per heavy atom. The van der Waals surface area contributed by atoms with E-state index in [2.05, 4.69) is 106 Å². The lowest BCUT2D eigenvalue weighted by Gasteiger charge is -2.18. The summed E-state index contributed by atoms with van der Waals surface area (Å²) in [6, 6.07) is 0. The zero-order chi connectivity index (χ0) is 45.1. The summed E-state index contributed by atoms with van der Waals surface area (Å²) in [7, 11) is 0. The molecule has 0 bridgehead atoms. The Morgan fingerprint density at radius 2 is 0.677 bits per heavy atom. The standard InChI is InChI=1S/C56H92O6/c1-4-7-10-13-16-19-22-25-27-29-31-34-37-40-43-46-49-55(58)61-52-53(51-60-54(57)48-45-42-39-36-33-30-24-21-18-15-12-9-6-3)62-56(59)50-47-44-41-38-35-32-28-26-23-20-17-14-11-8-5-2/h8,11,17,19-22,24,26-29,35,38,44,47,53H,4-7,9-10,12-16,18,23,25,30-34,36-37,39-43,45-46,48-52H2,1-3H3/b11-8-,20-17-,22-19-,24-21-,28-26-,29-27-,38-35-,47-44-. The fourth-order valence-corrected chi connectivity index (χ4v) is 6.54. The molecule has 0 saturated carbocycles. The molecule has 1 unspecified atom stereocenters. The molecule has 0 aromatic heterocycles. The molecule has 0 aromatic carbocycles. The maximum atomic E-state index is 12.7. The zero-order valence-electron chi connectivity index (χ0n) is 40.1. The van der Waals surface area contributed by atoms with Gasteiger partial charge in [-0.15, -0.1) is 0 Å². The molecule has 0 fully saturated rings. The van der Waals surface area contributed by atoms with Crippen molar-refractivity contribution in [2.24, 2.45) is 0 Å². The van der Waals surface area contributed by atoms with E-state index in [-0.39, 0.29) is 31.6 Å². The van der Waals surface area contributed by atoms with Crippen LogP contribution in [-0.4, -0.2) is 37.2 Å². The minimum atomic E-state index is -0.841. The number of rotatable bonds is 44. The summed E-state index contributed by atoms with van der Waals surface area (Å²) < 4.78 is 16.6. The Balaban J connectivity index is 4.55. The molecule has 6 heteroatoms. The van der Waals surface area contributed by atoms with Gasteiger partial charge in [0.2, 0.25) is 0 Å². The molecule has 0 aliphatic carbocycles. The van der Waals surface area contributed by atoms with Gasteiger partial charge in [-0.3, -0.25) is 14.4 Å². The second-order valence-corrected chi connectivity index (χ2v) is 16.4. The van der Waals surface area contributed by atoms with Gasteiger partial charge in [0.25, 0.3) is 0 Å². The Kier molecular flexibility index (Phi) is 47.0. The molecule has 0 heterocycles. The Bertz CT molecular complexity index is 1260. The lowest BCUT2D eigenvalue weighted by molar-refractivity contribution is -0.166. The molecule has 1 atom stereocenters. The first kappa shape index (κ1) is 58.3. The second kappa shape index (κ2) is 50.0. The van der Waals surface area contributed by atoms with Gasteiger partial charge >= 0.3 is 17.9 Å². The smallest absolute Gasteiger partial charge is 0.310 e. The van der Waals surface area contributed by atoms with Crippen LogP contribution >= 0.6 is 0 Å². The molecule has 0 aliphatic heterocycles. The van der Waals surface area contributed by atoms with Crippen LogP contribution in [0.25, 0.3) is 0 Å². The maximum Gasteiger partial charge on any atom is 0.310 e. The van der Waals surface area contributed by atoms with Crippen molar-refractivity contribution in [2.75, 3.05) is 13.2 Å². The van der Waals surface area contributed by atoms with Crippen LogP contribution in [0.3, 0.4) is 0 Å². The summed E-state index contributed by atoms with van der Waals surface area (Å²) in [5, 5.41) is 0. The van der Waals surface area contributed by atoms with E-state index in [1.807, 2.05) is 6.08 Å². The summed E-state index contributed by atoms with van der Waals surface area (Å²) >= 11 is 0. The minimum Gasteiger partial charge on any atom is -0.462 e. The van der Waals surface area contributed by atoms with Gasteiger partial charge in [-0.2, -0.15) is 0 Å². The molecule has 0 aromatic rings. The molecule has 0 saturated heterocycles. The average molecular weight is 861 g/mol. The molecule has 0 spiro atoms. The Morgan fingerprint density at radius 1 is 0.355 bits per heavy atom. The predicted octanol–water partition coefficient (Wildman–Crippen LogP) is 16.6. The van der Waals surface area contributed by atoms with Crippen molar-refractivity contribution in [3.05, 3.63) is 97.2 Å². The Labute approximate surface area is 381 Å². The fourth-order valence-electron chi connectivity index (χ4n) is 6.54. The van der Waals surface area contributed by atoms with E-state index in [0.29, 0.717) is 19.3 Å². The molecule has 0 N–H and O–H groups in total. The number of carbonyl (C=O) groups is 3. The van der Waals surface area contributed by atoms with Crippen LogP contribution in [0.5, 0.6) is 0 Å². The second-order valence-electron chi connectivity index (χ2n) is 16.4. The van der Waals surface area contributed by atoms with Gasteiger partial charge in [-0.1, -0.05) is 195 Å². The first-order valence-corrected chi connectivity index (χ1v) is 25.2. The maximum absolute atomic E-state index is 12.7. The van der Waals surface area contributed by atoms with Crippen LogP contribution in [0.2, 0.25) is 0 Å². The molecule has 0 aliphatic rings. The van der Waals surface area contributed by atoms with E-state index in [1.54, 1.807) is 6.08 Å². The first-order chi connectivity index (χ1) is 30.5. The summed E-state index contributed by atoms with van der Waals surface area (Å²) in [6.45, 7) is 6.37. The van der Waals surface area contributed by atoms with Crippen LogP contribution in [0, 0.1) is 0 Å². The van der Waals surface area contributed by atoms with Crippen molar-refractivity contribution in [3.8, 4) is 0 Å². The molecule has 0 amide bonds. The molecular formula is C56H92O6. The van der Waals surface area contributed by atoms with Gasteiger partial charge in [-0.05, 0) is 103 Å². The van der Waals surface area contributed by atoms with Gasteiger partial charge in [0.05, 0.1) is 6.42 Å². The quantitative estimate of drug-likeness (QED) is 0.0263. The number of carbonyl (C=O) groups excluding carboxylic acids is 3. The third-order valence-electron chi connectivity index (χ3n) is 10.3. The predicted molar refractivity (Wildman–Crippen MR) is 265 cm³/mol. The van der Waals surface area contributed by atoms with Crippen molar-refractivity contribution in [1.82, 2.24) is 0 Å². The van der Waals surface area contributed by atoms with Gasteiger partial charge < -0.3 is 14.2 Å². The molecular weight excluding hydrogens is 769 g/mol. The average Bonchev–Trinajstić information content (AvgIpc) is 3.27. The van der Waals surface area contributed by atoms with Gasteiger partial charge in [0.15, 0.2) is 6.10 Å². The van der Waals surface area contributed by atoms with E-state index in [0.717, 1.165) is 103 Å². The highest BCUT2D eigenvalue weighted by Gasteiger charge is 2.19. The largest absolute Gasteiger partial charge is 0.462 e. The SMILES string of the molecule is CC/C=C\C/C=C\C/C=C\C/C=C\C/C=C\CC(=O)OC(COC(=O)CCCCCCC/C=C\C/C=C\CCCCCC)COC(=O)CCCCCCC/C=C\CCCCCC. The van der Waals surface area contributed by atoms with E-state index >= 15 is 0 Å². The third-order valence-corrected chi connectivity index (χ3v) is 10.3. The lowest BCUT2D eigenvalue weighted by atomic mass is 10.1. The van der Waals surface area contributed by atoms with Crippen molar-refractivity contribution in [1.29, 1.82) is 0 Å². The first-order valence-electron chi connectivity index (χ1n) is 25.2. The van der Waals surface area contributed by atoms with Crippen molar-refractivity contribution >= 4 is 17.9 Å². The highest BCUT2D eigenvalue weighted by atomic mass is 16.6. The van der Waals surface area contributed by atoms with E-state index in [4.69, 9.17) is 14.2 Å². The summed E-state index contributed by atoms with van der Waals surface area (Å²) in [5.41, 5.74) is 0. The number of allylic oxidation sites excluding steroid dienone is 15. The van der Waals surface area contributed by atoms with Crippen LogP contribution in [-0.2, 0) is 28.6 Å². The fraction of sp³-hybridized carbons (Fsp3) is 0.661. The summed E-state index contributed by atoms with van der Waals surface area (Å²) in [4.78, 5) is 37.9. The van der Waals surface area contributed by atoms with Crippen LogP contribution in [0.4, 0.5) is 0 Å². The van der Waals surface area contributed by atoms with Crippen LogP contribution < -0.4 is 0 Å². The van der Waals surface area contributed by atoms with Crippen LogP contribution in [0.1, 0.15) is 220 Å². The number of hydrogen-bond donors (Lipinski definition) is 0. The molecule has 62 heavy (non-hydrogen) atoms. The topological polar surface area (TPSA) is 78.9 Å². The number of ether oxygens (including phenoxy) is 3. The number of hydrogen-bond acceptors (Lipinski definition) is 6. The van der Waals surface area contributed by atoms with Crippen molar-refractivity contribution < 1.29 is 28.6 Å². The molecule has 352 valence electrons. The van der Waals surface area contributed by atoms with Crippen molar-refractivity contribution in [3.63, 3.8) is 0 Å². The van der Waals surface area contributed by atoms with Gasteiger partial charge in [-0.25, -0.2) is 0 Å². The van der Waals surface area contributed by atoms with Crippen molar-refractivity contribution in [2.45, 2.75) is 226 Å². The van der Waals surface area contributed by atoms with E-state index in [9.17, 15) is 14.4 Å². The summed E-state index contributed by atoms with van der Waals surface area (Å²) in [6.07, 6.45) is 65.5. The van der Waals surface area contributed by atoms with Gasteiger partial charge in [0, 0.05) is 12.8 Å². The zero-order valence-corrected chi connectivity index (χ0v) is 40.1. The van der Waals surface area contributed by atoms with E-state index in [1.165, 1.54) is 70.6 Å². The normalized spacial score (nSPS) is 12.9. The Hall–Kier alpha value is -3.67. The number of unbranched alkanes of at least 4 members (excludes halogenated alkanes) is 18. The molecule has 0 rings (SSSR count). The summed E-state index contributed by atoms with van der Waals surface area (Å²) in [5.74, 6) is -1.08. The molecule has 6 nitrogen and oxygen atoms in total. The van der Waals surface area contributed by atoms with Crippen LogP contribution in [0.15, 0.2) is 97.2 Å². The molecule has 0 radical (unpaired) electrons. The highest BCUT2D eigenvalue weighted by Crippen LogP contribution is 2.12. The number of esters is 3. The third kappa shape index (κ3) is 47.4. The lowest BCUT2D eigenvalue weighted by Crippen LogP contribution is -2.30. The minimum absolute atomic E-state index is 0.0900. The highest BCUT2D eigenvalue weighted by molar-refractivity contribution is 5.72. The van der Waals surface area contributed by atoms with Gasteiger partial charge in [0.1, 0.15) is 13.2 Å².